The molecule has 26 heavy (non-hydrogen) atoms. The van der Waals surface area contributed by atoms with Crippen LogP contribution in [0.25, 0.3) is 10.2 Å². The lowest BCUT2D eigenvalue weighted by molar-refractivity contribution is 0.0876. The lowest BCUT2D eigenvalue weighted by Gasteiger charge is -2.10. The molecule has 0 aliphatic heterocycles. The Morgan fingerprint density at radius 1 is 1.35 bits per heavy atom. The minimum atomic E-state index is -0.0179. The van der Waals surface area contributed by atoms with Crippen molar-refractivity contribution in [2.45, 2.75) is 46.1 Å². The van der Waals surface area contributed by atoms with Gasteiger partial charge in [0.15, 0.2) is 0 Å². The highest BCUT2D eigenvalue weighted by molar-refractivity contribution is 7.16. The average molecular weight is 367 g/mol. The van der Waals surface area contributed by atoms with Crippen LogP contribution in [0.2, 0.25) is 0 Å². The molecule has 2 aliphatic carbocycles. The van der Waals surface area contributed by atoms with Crippen molar-refractivity contribution in [1.29, 1.82) is 0 Å². The van der Waals surface area contributed by atoms with Gasteiger partial charge in [0.25, 0.3) is 0 Å². The summed E-state index contributed by atoms with van der Waals surface area (Å²) in [5, 5.41) is 4.54. The van der Waals surface area contributed by atoms with E-state index in [1.165, 1.54) is 16.9 Å². The zero-order valence-electron chi connectivity index (χ0n) is 15.2. The molecular weight excluding hydrogens is 346 g/mol. The molecular formula is C20H21N3O2S. The number of thiazole rings is 1. The van der Waals surface area contributed by atoms with Gasteiger partial charge in [0, 0.05) is 18.5 Å². The first-order valence-corrected chi connectivity index (χ1v) is 9.91. The fourth-order valence-corrected chi connectivity index (χ4v) is 5.76. The molecule has 0 spiro atoms. The summed E-state index contributed by atoms with van der Waals surface area (Å²) in [5.74, 6) is 1.19. The van der Waals surface area contributed by atoms with Crippen molar-refractivity contribution in [3.63, 3.8) is 0 Å². The Hall–Kier alpha value is -2.21. The number of fused-ring (bicyclic) bond motifs is 4. The van der Waals surface area contributed by atoms with Crippen LogP contribution in [0.4, 0.5) is 0 Å². The molecule has 0 bridgehead atoms. The van der Waals surface area contributed by atoms with Crippen molar-refractivity contribution in [2.75, 3.05) is 0 Å². The molecule has 5 nitrogen and oxygen atoms in total. The highest BCUT2D eigenvalue weighted by Gasteiger charge is 2.64. The maximum absolute atomic E-state index is 12.8. The molecule has 1 aromatic carbocycles. The summed E-state index contributed by atoms with van der Waals surface area (Å²) in [4.78, 5) is 25.1. The van der Waals surface area contributed by atoms with E-state index >= 15 is 0 Å². The van der Waals surface area contributed by atoms with Crippen LogP contribution in [-0.2, 0) is 13.0 Å². The largest absolute Gasteiger partial charge is 0.308 e. The van der Waals surface area contributed by atoms with Crippen LogP contribution >= 0.6 is 11.3 Å². The Balaban J connectivity index is 1.41. The Labute approximate surface area is 155 Å². The number of carbonyl (C=O) groups is 1. The molecule has 2 aromatic heterocycles. The number of carbonyl (C=O) groups excluding carboxylic acids is 1. The van der Waals surface area contributed by atoms with Gasteiger partial charge in [0.05, 0.1) is 21.6 Å². The molecule has 2 atom stereocenters. The maximum Gasteiger partial charge on any atom is 0.308 e. The van der Waals surface area contributed by atoms with Gasteiger partial charge < -0.3 is 0 Å². The highest BCUT2D eigenvalue weighted by atomic mass is 32.1. The lowest BCUT2D eigenvalue weighted by atomic mass is 9.98. The molecule has 3 aromatic rings. The topological polar surface area (TPSA) is 56.9 Å². The Bertz CT molecular complexity index is 1120. The zero-order valence-corrected chi connectivity index (χ0v) is 16.0. The van der Waals surface area contributed by atoms with E-state index in [0.717, 1.165) is 28.0 Å². The first-order valence-electron chi connectivity index (χ1n) is 9.09. The Kier molecular flexibility index (Phi) is 3.18. The van der Waals surface area contributed by atoms with Gasteiger partial charge in [-0.25, -0.2) is 4.68 Å². The van der Waals surface area contributed by atoms with Crippen LogP contribution in [0.3, 0.4) is 0 Å². The van der Waals surface area contributed by atoms with Crippen LogP contribution in [0, 0.1) is 18.3 Å². The second-order valence-corrected chi connectivity index (χ2v) is 9.09. The van der Waals surface area contributed by atoms with Gasteiger partial charge in [-0.2, -0.15) is 5.10 Å². The summed E-state index contributed by atoms with van der Waals surface area (Å²) in [6.45, 7) is 7.01. The molecule has 0 N–H and O–H groups in total. The smallest absolute Gasteiger partial charge is 0.298 e. The van der Waals surface area contributed by atoms with E-state index in [4.69, 9.17) is 0 Å². The molecule has 134 valence electrons. The van der Waals surface area contributed by atoms with Gasteiger partial charge in [0.2, 0.25) is 5.91 Å². The van der Waals surface area contributed by atoms with E-state index in [1.54, 1.807) is 9.25 Å². The van der Waals surface area contributed by atoms with Crippen LogP contribution < -0.4 is 4.87 Å². The van der Waals surface area contributed by atoms with Crippen LogP contribution in [0.1, 0.15) is 47.9 Å². The molecule has 1 fully saturated rings. The normalized spacial score (nSPS) is 22.4. The Morgan fingerprint density at radius 3 is 2.92 bits per heavy atom. The summed E-state index contributed by atoms with van der Waals surface area (Å²) >= 11 is 1.23. The molecule has 2 aliphatic rings. The number of hydrogen-bond donors (Lipinski definition) is 0. The predicted octanol–water partition coefficient (Wildman–Crippen LogP) is 3.59. The van der Waals surface area contributed by atoms with Crippen molar-refractivity contribution in [3.8, 4) is 0 Å². The number of hydrogen-bond acceptors (Lipinski definition) is 4. The van der Waals surface area contributed by atoms with Gasteiger partial charge in [-0.3, -0.25) is 14.2 Å². The first kappa shape index (κ1) is 16.0. The second kappa shape index (κ2) is 5.16. The van der Waals surface area contributed by atoms with Gasteiger partial charge >= 0.3 is 4.87 Å². The van der Waals surface area contributed by atoms with Crippen molar-refractivity contribution in [3.05, 3.63) is 50.9 Å². The summed E-state index contributed by atoms with van der Waals surface area (Å²) < 4.78 is 4.28. The lowest BCUT2D eigenvalue weighted by Crippen LogP contribution is -2.21. The summed E-state index contributed by atoms with van der Waals surface area (Å²) in [6.07, 6.45) is 1.23. The van der Waals surface area contributed by atoms with Crippen molar-refractivity contribution in [2.24, 2.45) is 11.3 Å². The quantitative estimate of drug-likeness (QED) is 0.711. The number of aromatic nitrogens is 3. The molecule has 2 heterocycles. The molecule has 0 saturated heterocycles. The third kappa shape index (κ3) is 2.05. The standard InChI is InChI=1S/C20H21N3O2S/c1-11-17-14(10-12-18(17)20(12,2)3)23(21-11)16(24)8-9-22-13-6-4-5-7-15(13)26-19(22)25/h4-7,12,18H,8-10H2,1-3H3/t12-,18+/m0/s1. The summed E-state index contributed by atoms with van der Waals surface area (Å²) in [7, 11) is 0. The first-order chi connectivity index (χ1) is 12.4. The monoisotopic (exact) mass is 367 g/mol. The van der Waals surface area contributed by atoms with Crippen molar-refractivity contribution >= 4 is 27.5 Å². The van der Waals surface area contributed by atoms with E-state index in [9.17, 15) is 9.59 Å². The van der Waals surface area contributed by atoms with Gasteiger partial charge in [-0.05, 0) is 42.7 Å². The van der Waals surface area contributed by atoms with Crippen LogP contribution in [0.5, 0.6) is 0 Å². The van der Waals surface area contributed by atoms with Crippen molar-refractivity contribution < 1.29 is 4.79 Å². The van der Waals surface area contributed by atoms with E-state index in [1.807, 2.05) is 31.2 Å². The minimum Gasteiger partial charge on any atom is -0.298 e. The number of para-hydroxylation sites is 1. The average Bonchev–Trinajstić information content (AvgIpc) is 3.00. The molecule has 1 saturated carbocycles. The van der Waals surface area contributed by atoms with E-state index in [0.29, 0.717) is 23.8 Å². The fourth-order valence-electron chi connectivity index (χ4n) is 4.84. The molecule has 0 radical (unpaired) electrons. The Morgan fingerprint density at radius 2 is 2.12 bits per heavy atom. The SMILES string of the molecule is Cc1nn(C(=O)CCn2c(=O)sc3ccccc32)c2c1[C@H]1[C@H](C2)C1(C)C. The second-order valence-electron chi connectivity index (χ2n) is 8.10. The van der Waals surface area contributed by atoms with Crippen LogP contribution in [0.15, 0.2) is 29.1 Å². The third-order valence-corrected chi connectivity index (χ3v) is 7.30. The van der Waals surface area contributed by atoms with Crippen molar-refractivity contribution in [1.82, 2.24) is 14.3 Å². The molecule has 6 heteroatoms. The van der Waals surface area contributed by atoms with Gasteiger partial charge in [-0.15, -0.1) is 0 Å². The van der Waals surface area contributed by atoms with Crippen LogP contribution in [-0.4, -0.2) is 20.3 Å². The fraction of sp³-hybridized carbons (Fsp3) is 0.450. The number of nitrogens with zero attached hydrogens (tertiary/aromatic N) is 3. The molecule has 5 rings (SSSR count). The maximum atomic E-state index is 12.8. The van der Waals surface area contributed by atoms with E-state index < -0.39 is 0 Å². The number of aryl methyl sites for hydroxylation is 2. The molecule has 0 amide bonds. The van der Waals surface area contributed by atoms with Gasteiger partial charge in [0.1, 0.15) is 0 Å². The molecule has 0 unspecified atom stereocenters. The third-order valence-electron chi connectivity index (χ3n) is 6.34. The van der Waals surface area contributed by atoms with Gasteiger partial charge in [-0.1, -0.05) is 37.3 Å². The predicted molar refractivity (Wildman–Crippen MR) is 102 cm³/mol. The number of benzene rings is 1. The minimum absolute atomic E-state index is 0.0103. The summed E-state index contributed by atoms with van der Waals surface area (Å²) in [5.41, 5.74) is 4.64. The highest BCUT2D eigenvalue weighted by Crippen LogP contribution is 2.70. The van der Waals surface area contributed by atoms with E-state index in [-0.39, 0.29) is 17.2 Å². The number of rotatable bonds is 3. The van der Waals surface area contributed by atoms with E-state index in [2.05, 4.69) is 18.9 Å². The zero-order chi connectivity index (χ0) is 18.2. The summed E-state index contributed by atoms with van der Waals surface area (Å²) in [6, 6.07) is 7.72.